The molecule has 1 aliphatic heterocycles. The number of aldehydes is 2. The van der Waals surface area contributed by atoms with E-state index in [0.29, 0.717) is 47.6 Å². The monoisotopic (exact) mass is 535 g/mol. The number of nitrogens with one attached hydrogen (secondary N) is 2. The number of likely N-dealkylation sites (tertiary alicyclic amines) is 1. The van der Waals surface area contributed by atoms with Crippen molar-refractivity contribution in [2.45, 2.75) is 25.7 Å². The standard InChI is InChI=1S/C13H10N4O4.C9H10N2.C5H10FN/c1-16-10-8-4-7(6-19)12(20)17(2-3-18)11(8)14-5-9(10)15-13(16)21;1-11-7-9-4-2-8(6-10)3-5-9;1-5(6)3-7(2)4-5/h3-6H,2H2,1H3,(H,15,21);2-5,11H,7H2,1H3;3-4H2,1-2H3. The van der Waals surface area contributed by atoms with Crippen molar-refractivity contribution in [1.82, 2.24) is 29.3 Å². The zero-order valence-corrected chi connectivity index (χ0v) is 22.2. The number of rotatable bonds is 5. The quantitative estimate of drug-likeness (QED) is 0.366. The molecule has 1 fully saturated rings. The van der Waals surface area contributed by atoms with Gasteiger partial charge in [0.15, 0.2) is 6.29 Å². The average molecular weight is 536 g/mol. The second-order valence-corrected chi connectivity index (χ2v) is 9.47. The first-order chi connectivity index (χ1) is 18.5. The third-order valence-corrected chi connectivity index (χ3v) is 6.04. The van der Waals surface area contributed by atoms with E-state index < -0.39 is 11.2 Å². The minimum absolute atomic E-state index is 0.0905. The third kappa shape index (κ3) is 6.70. The van der Waals surface area contributed by atoms with E-state index in [1.165, 1.54) is 22.4 Å². The summed E-state index contributed by atoms with van der Waals surface area (Å²) in [4.78, 5) is 54.3. The first-order valence-electron chi connectivity index (χ1n) is 12.1. The van der Waals surface area contributed by atoms with E-state index in [1.54, 1.807) is 14.0 Å². The molecule has 0 unspecified atom stereocenters. The van der Waals surface area contributed by atoms with E-state index in [-0.39, 0.29) is 23.4 Å². The maximum atomic E-state index is 12.4. The number of aryl methyl sites for hydroxylation is 1. The molecule has 1 aromatic carbocycles. The summed E-state index contributed by atoms with van der Waals surface area (Å²) in [5.74, 6) is 0. The maximum Gasteiger partial charge on any atom is 0.326 e. The Labute approximate surface area is 223 Å². The van der Waals surface area contributed by atoms with Crippen LogP contribution in [0.4, 0.5) is 4.39 Å². The Kier molecular flexibility index (Phi) is 9.24. The molecule has 12 heteroatoms. The summed E-state index contributed by atoms with van der Waals surface area (Å²) in [6.45, 7) is 3.48. The number of imidazole rings is 1. The molecule has 0 saturated carbocycles. The molecule has 1 aliphatic rings. The molecular formula is C27H30FN7O4. The molecule has 0 bridgehead atoms. The van der Waals surface area contributed by atoms with Crippen molar-refractivity contribution in [3.05, 3.63) is 74.1 Å². The largest absolute Gasteiger partial charge is 0.326 e. The van der Waals surface area contributed by atoms with Crippen LogP contribution in [-0.2, 0) is 24.9 Å². The van der Waals surface area contributed by atoms with Gasteiger partial charge in [0.05, 0.1) is 41.0 Å². The summed E-state index contributed by atoms with van der Waals surface area (Å²) in [6.07, 6.45) is 2.39. The number of H-pyrrole nitrogens is 1. The van der Waals surface area contributed by atoms with Gasteiger partial charge >= 0.3 is 5.69 Å². The zero-order chi connectivity index (χ0) is 28.7. The van der Waals surface area contributed by atoms with Gasteiger partial charge in [-0.3, -0.25) is 23.6 Å². The van der Waals surface area contributed by atoms with E-state index in [0.717, 1.165) is 11.1 Å². The minimum Gasteiger partial charge on any atom is -0.316 e. The van der Waals surface area contributed by atoms with Crippen molar-refractivity contribution in [3.8, 4) is 6.07 Å². The van der Waals surface area contributed by atoms with Crippen LogP contribution in [-0.4, -0.2) is 69.4 Å². The van der Waals surface area contributed by atoms with Gasteiger partial charge in [-0.15, -0.1) is 0 Å². The average Bonchev–Trinajstić information content (AvgIpc) is 3.19. The van der Waals surface area contributed by atoms with E-state index in [2.05, 4.69) is 21.4 Å². The smallest absolute Gasteiger partial charge is 0.316 e. The molecule has 0 radical (unpaired) electrons. The Hall–Kier alpha value is -4.47. The van der Waals surface area contributed by atoms with Crippen molar-refractivity contribution >= 4 is 34.6 Å². The molecule has 2 N–H and O–H groups in total. The fourth-order valence-electron chi connectivity index (χ4n) is 4.39. The SMILES string of the molecule is CN1CC(C)(F)C1.CNCc1ccc(C#N)cc1.Cn1c(=O)[nH]c2cnc3c(cc(C=O)c(=O)n3CC=O)c21. The van der Waals surface area contributed by atoms with Crippen LogP contribution in [0.1, 0.15) is 28.4 Å². The first kappa shape index (κ1) is 29.1. The second-order valence-electron chi connectivity index (χ2n) is 9.47. The van der Waals surface area contributed by atoms with Gasteiger partial charge in [0, 0.05) is 32.1 Å². The highest BCUT2D eigenvalue weighted by Gasteiger charge is 2.35. The number of alkyl halides is 1. The van der Waals surface area contributed by atoms with Crippen molar-refractivity contribution in [3.63, 3.8) is 0 Å². The van der Waals surface area contributed by atoms with Crippen LogP contribution in [0.15, 0.2) is 46.1 Å². The lowest BCUT2D eigenvalue weighted by atomic mass is 10.0. The lowest BCUT2D eigenvalue weighted by molar-refractivity contribution is -0.108. The van der Waals surface area contributed by atoms with Crippen molar-refractivity contribution in [1.29, 1.82) is 5.26 Å². The molecule has 39 heavy (non-hydrogen) atoms. The number of aromatic nitrogens is 4. The summed E-state index contributed by atoms with van der Waals surface area (Å²) < 4.78 is 14.9. The summed E-state index contributed by atoms with van der Waals surface area (Å²) in [5.41, 5.74) is 1.28. The predicted octanol–water partition coefficient (Wildman–Crippen LogP) is 1.53. The third-order valence-electron chi connectivity index (χ3n) is 6.04. The lowest BCUT2D eigenvalue weighted by Crippen LogP contribution is -2.54. The second kappa shape index (κ2) is 12.4. The predicted molar refractivity (Wildman–Crippen MR) is 145 cm³/mol. The van der Waals surface area contributed by atoms with E-state index in [1.807, 2.05) is 43.3 Å². The molecule has 11 nitrogen and oxygen atoms in total. The number of hydrogen-bond donors (Lipinski definition) is 2. The number of nitrogens with zero attached hydrogens (tertiary/aromatic N) is 5. The number of carbonyl (C=O) groups excluding carboxylic acids is 2. The minimum atomic E-state index is -0.880. The van der Waals surface area contributed by atoms with Crippen molar-refractivity contribution in [2.75, 3.05) is 27.2 Å². The molecule has 5 rings (SSSR count). The number of halogens is 1. The lowest BCUT2D eigenvalue weighted by Gasteiger charge is -2.39. The van der Waals surface area contributed by atoms with Gasteiger partial charge in [0.25, 0.3) is 5.56 Å². The molecule has 204 valence electrons. The van der Waals surface area contributed by atoms with Gasteiger partial charge < -0.3 is 15.1 Å². The van der Waals surface area contributed by atoms with Gasteiger partial charge in [0.2, 0.25) is 0 Å². The molecule has 0 amide bonds. The Balaban J connectivity index is 0.000000194. The topological polar surface area (TPSA) is 146 Å². The van der Waals surface area contributed by atoms with E-state index in [9.17, 15) is 23.6 Å². The Morgan fingerprint density at radius 2 is 1.87 bits per heavy atom. The molecule has 4 heterocycles. The normalized spacial score (nSPS) is 13.8. The Morgan fingerprint density at radius 1 is 1.21 bits per heavy atom. The van der Waals surface area contributed by atoms with Gasteiger partial charge in [-0.05, 0) is 44.8 Å². The van der Waals surface area contributed by atoms with Crippen LogP contribution >= 0.6 is 0 Å². The molecule has 0 aliphatic carbocycles. The first-order valence-corrected chi connectivity index (χ1v) is 12.1. The Morgan fingerprint density at radius 3 is 2.36 bits per heavy atom. The molecule has 3 aromatic heterocycles. The van der Waals surface area contributed by atoms with Crippen LogP contribution in [0.5, 0.6) is 0 Å². The van der Waals surface area contributed by atoms with Crippen molar-refractivity contribution in [2.24, 2.45) is 7.05 Å². The van der Waals surface area contributed by atoms with Crippen LogP contribution in [0.25, 0.3) is 22.1 Å². The Bertz CT molecular complexity index is 1640. The van der Waals surface area contributed by atoms with E-state index >= 15 is 0 Å². The highest BCUT2D eigenvalue weighted by atomic mass is 19.1. The van der Waals surface area contributed by atoms with Gasteiger partial charge in [-0.25, -0.2) is 14.2 Å². The molecular weight excluding hydrogens is 505 g/mol. The molecule has 0 spiro atoms. The number of hydrogen-bond acceptors (Lipinski definition) is 8. The number of fused-ring (bicyclic) bond motifs is 3. The van der Waals surface area contributed by atoms with Crippen LogP contribution in [0, 0.1) is 11.3 Å². The highest BCUT2D eigenvalue weighted by molar-refractivity contribution is 6.02. The number of pyridine rings is 2. The fraction of sp³-hybridized carbons (Fsp3) is 0.333. The zero-order valence-electron chi connectivity index (χ0n) is 22.2. The molecule has 0 atom stereocenters. The number of aromatic amines is 1. The number of nitriles is 1. The summed E-state index contributed by atoms with van der Waals surface area (Å²) in [5, 5.41) is 12.0. The number of carbonyl (C=O) groups is 2. The summed E-state index contributed by atoms with van der Waals surface area (Å²) >= 11 is 0. The van der Waals surface area contributed by atoms with Crippen molar-refractivity contribution < 1.29 is 14.0 Å². The number of benzene rings is 1. The van der Waals surface area contributed by atoms with Gasteiger partial charge in [-0.1, -0.05) is 12.1 Å². The fourth-order valence-corrected chi connectivity index (χ4v) is 4.39. The van der Waals surface area contributed by atoms with Gasteiger partial charge in [-0.2, -0.15) is 5.26 Å². The highest BCUT2D eigenvalue weighted by Crippen LogP contribution is 2.22. The van der Waals surface area contributed by atoms with Crippen LogP contribution in [0.2, 0.25) is 0 Å². The summed E-state index contributed by atoms with van der Waals surface area (Å²) in [6, 6.07) is 11.0. The van der Waals surface area contributed by atoms with Gasteiger partial charge in [0.1, 0.15) is 17.6 Å². The molecule has 4 aromatic rings. The molecule has 1 saturated heterocycles. The maximum absolute atomic E-state index is 12.4. The summed E-state index contributed by atoms with van der Waals surface area (Å²) in [7, 11) is 5.38. The van der Waals surface area contributed by atoms with E-state index in [4.69, 9.17) is 5.26 Å². The van der Waals surface area contributed by atoms with Crippen LogP contribution < -0.4 is 16.6 Å². The van der Waals surface area contributed by atoms with Crippen LogP contribution in [0.3, 0.4) is 0 Å².